The van der Waals surface area contributed by atoms with Crippen molar-refractivity contribution in [1.82, 2.24) is 4.98 Å². The van der Waals surface area contributed by atoms with E-state index >= 15 is 0 Å². The molecule has 1 aromatic carbocycles. The highest BCUT2D eigenvalue weighted by Crippen LogP contribution is 2.24. The molecule has 2 rings (SSSR count). The van der Waals surface area contributed by atoms with Crippen LogP contribution in [-0.4, -0.2) is 16.0 Å². The molecule has 1 aromatic heterocycles. The average molecular weight is 278 g/mol. The van der Waals surface area contributed by atoms with Crippen LogP contribution in [0.15, 0.2) is 47.9 Å². The van der Waals surface area contributed by atoms with Crippen molar-refractivity contribution < 1.29 is 9.94 Å². The Morgan fingerprint density at radius 2 is 2.26 bits per heavy atom. The number of amidine groups is 1. The van der Waals surface area contributed by atoms with Crippen molar-refractivity contribution >= 4 is 17.4 Å². The Kier molecular flexibility index (Phi) is 4.20. The third-order valence-corrected chi connectivity index (χ3v) is 2.68. The lowest BCUT2D eigenvalue weighted by Gasteiger charge is -2.11. The summed E-state index contributed by atoms with van der Waals surface area (Å²) in [5.74, 6) is 0.421. The molecule has 0 aliphatic carbocycles. The minimum Gasteiger partial charge on any atom is -0.488 e. The van der Waals surface area contributed by atoms with Gasteiger partial charge in [0.2, 0.25) is 0 Å². The summed E-state index contributed by atoms with van der Waals surface area (Å²) in [7, 11) is 0. The average Bonchev–Trinajstić information content (AvgIpc) is 2.45. The Balaban J connectivity index is 2.21. The third-order valence-electron chi connectivity index (χ3n) is 2.44. The second-order valence-corrected chi connectivity index (χ2v) is 4.21. The maximum Gasteiger partial charge on any atom is 0.173 e. The van der Waals surface area contributed by atoms with Crippen molar-refractivity contribution in [2.24, 2.45) is 10.9 Å². The van der Waals surface area contributed by atoms with Crippen LogP contribution in [0.3, 0.4) is 0 Å². The van der Waals surface area contributed by atoms with Crippen LogP contribution in [0.4, 0.5) is 0 Å². The van der Waals surface area contributed by atoms with Gasteiger partial charge < -0.3 is 15.7 Å². The molecule has 1 heterocycles. The van der Waals surface area contributed by atoms with E-state index < -0.39 is 0 Å². The molecule has 19 heavy (non-hydrogen) atoms. The third kappa shape index (κ3) is 3.35. The summed E-state index contributed by atoms with van der Waals surface area (Å²) in [6.45, 7) is 0.319. The van der Waals surface area contributed by atoms with E-state index in [2.05, 4.69) is 10.1 Å². The Hall–Kier alpha value is -2.27. The van der Waals surface area contributed by atoms with Crippen molar-refractivity contribution in [1.29, 1.82) is 0 Å². The molecule has 0 atom stereocenters. The fraction of sp³-hybridized carbons (Fsp3) is 0.0769. The Labute approximate surface area is 115 Å². The van der Waals surface area contributed by atoms with Gasteiger partial charge in [-0.15, -0.1) is 0 Å². The molecule has 6 heteroatoms. The summed E-state index contributed by atoms with van der Waals surface area (Å²) in [6, 6.07) is 8.61. The lowest BCUT2D eigenvalue weighted by atomic mass is 10.2. The zero-order valence-electron chi connectivity index (χ0n) is 9.95. The van der Waals surface area contributed by atoms with Gasteiger partial charge in [0.1, 0.15) is 12.4 Å². The predicted molar refractivity (Wildman–Crippen MR) is 72.5 cm³/mol. The molecular formula is C13H12ClN3O2. The maximum atomic E-state index is 8.73. The highest BCUT2D eigenvalue weighted by Gasteiger charge is 2.09. The molecule has 2 aromatic rings. The predicted octanol–water partition coefficient (Wildman–Crippen LogP) is 2.41. The first-order valence-corrected chi connectivity index (χ1v) is 5.87. The highest BCUT2D eigenvalue weighted by atomic mass is 35.5. The van der Waals surface area contributed by atoms with Crippen LogP contribution in [0.5, 0.6) is 5.75 Å². The second-order valence-electron chi connectivity index (χ2n) is 3.78. The lowest BCUT2D eigenvalue weighted by Crippen LogP contribution is -2.14. The van der Waals surface area contributed by atoms with Crippen molar-refractivity contribution in [2.75, 3.05) is 0 Å². The van der Waals surface area contributed by atoms with E-state index in [1.54, 1.807) is 30.6 Å². The number of rotatable bonds is 4. The second kappa shape index (κ2) is 6.06. The van der Waals surface area contributed by atoms with Crippen LogP contribution in [0.2, 0.25) is 5.02 Å². The molecule has 98 valence electrons. The van der Waals surface area contributed by atoms with Crippen molar-refractivity contribution in [3.63, 3.8) is 0 Å². The number of hydrogen-bond acceptors (Lipinski definition) is 4. The minimum absolute atomic E-state index is 0.0298. The van der Waals surface area contributed by atoms with Crippen molar-refractivity contribution in [3.8, 4) is 5.75 Å². The molecule has 5 nitrogen and oxygen atoms in total. The lowest BCUT2D eigenvalue weighted by molar-refractivity contribution is 0.303. The number of benzene rings is 1. The van der Waals surface area contributed by atoms with Crippen LogP contribution in [0.25, 0.3) is 0 Å². The molecule has 0 bridgehead atoms. The minimum atomic E-state index is -0.0298. The summed E-state index contributed by atoms with van der Waals surface area (Å²) in [4.78, 5) is 3.99. The zero-order valence-corrected chi connectivity index (χ0v) is 10.7. The molecule has 0 aliphatic rings. The molecule has 0 fully saturated rings. The van der Waals surface area contributed by atoms with Crippen LogP contribution in [0.1, 0.15) is 11.1 Å². The Morgan fingerprint density at radius 1 is 1.42 bits per heavy atom. The van der Waals surface area contributed by atoms with Gasteiger partial charge in [0.15, 0.2) is 5.84 Å². The smallest absolute Gasteiger partial charge is 0.173 e. The first-order chi connectivity index (χ1) is 9.20. The number of halogens is 1. The number of nitrogens with zero attached hydrogens (tertiary/aromatic N) is 2. The van der Waals surface area contributed by atoms with E-state index in [0.29, 0.717) is 22.9 Å². The quantitative estimate of drug-likeness (QED) is 0.389. The van der Waals surface area contributed by atoms with Gasteiger partial charge in [0, 0.05) is 23.0 Å². The summed E-state index contributed by atoms with van der Waals surface area (Å²) < 4.78 is 5.63. The molecule has 0 unspecified atom stereocenters. The first kappa shape index (κ1) is 13.2. The van der Waals surface area contributed by atoms with Gasteiger partial charge in [-0.1, -0.05) is 22.8 Å². The van der Waals surface area contributed by atoms with Gasteiger partial charge in [0.25, 0.3) is 0 Å². The van der Waals surface area contributed by atoms with E-state index in [1.807, 2.05) is 12.1 Å². The molecule has 0 aliphatic heterocycles. The van der Waals surface area contributed by atoms with Crippen LogP contribution in [0, 0.1) is 0 Å². The van der Waals surface area contributed by atoms with Gasteiger partial charge in [-0.25, -0.2) is 0 Å². The molecule has 0 saturated carbocycles. The molecule has 0 radical (unpaired) electrons. The fourth-order valence-electron chi connectivity index (χ4n) is 1.53. The largest absolute Gasteiger partial charge is 0.488 e. The topological polar surface area (TPSA) is 80.7 Å². The highest BCUT2D eigenvalue weighted by molar-refractivity contribution is 6.30. The Morgan fingerprint density at radius 3 is 2.95 bits per heavy atom. The Bertz CT molecular complexity index is 588. The van der Waals surface area contributed by atoms with Crippen molar-refractivity contribution in [3.05, 3.63) is 58.9 Å². The van der Waals surface area contributed by atoms with Gasteiger partial charge in [0.05, 0.1) is 5.56 Å². The zero-order chi connectivity index (χ0) is 13.7. The summed E-state index contributed by atoms with van der Waals surface area (Å²) in [5, 5.41) is 12.2. The number of oxime groups is 1. The van der Waals surface area contributed by atoms with Crippen molar-refractivity contribution in [2.45, 2.75) is 6.61 Å². The van der Waals surface area contributed by atoms with Gasteiger partial charge in [-0.05, 0) is 24.3 Å². The summed E-state index contributed by atoms with van der Waals surface area (Å²) in [6.07, 6.45) is 3.39. The molecule has 0 amide bonds. The molecule has 3 N–H and O–H groups in total. The van der Waals surface area contributed by atoms with E-state index in [9.17, 15) is 0 Å². The fourth-order valence-corrected chi connectivity index (χ4v) is 1.69. The van der Waals surface area contributed by atoms with Gasteiger partial charge in [-0.2, -0.15) is 0 Å². The van der Waals surface area contributed by atoms with E-state index in [4.69, 9.17) is 27.3 Å². The van der Waals surface area contributed by atoms with E-state index in [0.717, 1.165) is 5.56 Å². The summed E-state index contributed by atoms with van der Waals surface area (Å²) in [5.41, 5.74) is 6.97. The number of nitrogens with two attached hydrogens (primary N) is 1. The van der Waals surface area contributed by atoms with E-state index in [1.165, 1.54) is 0 Å². The molecule has 0 saturated heterocycles. The number of hydrogen-bond donors (Lipinski definition) is 2. The van der Waals surface area contributed by atoms with Crippen LogP contribution < -0.4 is 10.5 Å². The normalized spacial score (nSPS) is 11.3. The van der Waals surface area contributed by atoms with E-state index in [-0.39, 0.29) is 5.84 Å². The van der Waals surface area contributed by atoms with Gasteiger partial charge in [-0.3, -0.25) is 4.98 Å². The molecular weight excluding hydrogens is 266 g/mol. The van der Waals surface area contributed by atoms with Crippen LogP contribution >= 0.6 is 11.6 Å². The standard InChI is InChI=1S/C13H12ClN3O2/c14-10-3-4-11(13(15)17-18)12(6-10)19-8-9-2-1-5-16-7-9/h1-7,18H,8H2,(H2,15,17). The number of aromatic nitrogens is 1. The monoisotopic (exact) mass is 277 g/mol. The summed E-state index contributed by atoms with van der Waals surface area (Å²) >= 11 is 5.91. The molecule has 0 spiro atoms. The number of ether oxygens (including phenoxy) is 1. The first-order valence-electron chi connectivity index (χ1n) is 5.50. The maximum absolute atomic E-state index is 8.73. The van der Waals surface area contributed by atoms with Gasteiger partial charge >= 0.3 is 0 Å². The SMILES string of the molecule is N/C(=N/O)c1ccc(Cl)cc1OCc1cccnc1. The number of pyridine rings is 1. The van der Waals surface area contributed by atoms with Crippen LogP contribution in [-0.2, 0) is 6.61 Å².